The fourth-order valence-electron chi connectivity index (χ4n) is 3.63. The molecule has 0 saturated carbocycles. The molecule has 0 heterocycles. The minimum atomic E-state index is 0.0277. The second kappa shape index (κ2) is 14.5. The van der Waals surface area contributed by atoms with Gasteiger partial charge in [0.15, 0.2) is 5.78 Å². The van der Waals surface area contributed by atoms with Gasteiger partial charge in [-0.3, -0.25) is 4.79 Å². The minimum Gasteiger partial charge on any atom is -0.384 e. The quantitative estimate of drug-likeness (QED) is 0.201. The van der Waals surface area contributed by atoms with Crippen LogP contribution in [0.3, 0.4) is 0 Å². The number of rotatable bonds is 15. The van der Waals surface area contributed by atoms with Gasteiger partial charge in [-0.25, -0.2) is 0 Å². The third kappa shape index (κ3) is 8.88. The predicted octanol–water partition coefficient (Wildman–Crippen LogP) is 6.35. The normalized spacial score (nSPS) is 11.3. The zero-order valence-corrected chi connectivity index (χ0v) is 20.4. The van der Waals surface area contributed by atoms with Crippen molar-refractivity contribution in [3.63, 3.8) is 0 Å². The molecule has 0 aromatic heterocycles. The van der Waals surface area contributed by atoms with Gasteiger partial charge in [-0.15, -0.1) is 0 Å². The standard InChI is InChI=1S/C28H41N3O/c1-5-7-21-31(22-8-6-2)25-14-11-13-24(23-25)17-18-28(32)26-15-9-10-16-27(26)29-19-12-20-30(3)4/h9-11,13-18,23,29H,5-8,12,19-22H2,1-4H3. The molecule has 2 rings (SSSR count). The Bertz CT molecular complexity index is 836. The van der Waals surface area contributed by atoms with E-state index >= 15 is 0 Å². The zero-order valence-electron chi connectivity index (χ0n) is 20.4. The van der Waals surface area contributed by atoms with Crippen molar-refractivity contribution in [2.75, 3.05) is 50.5 Å². The Hall–Kier alpha value is -2.59. The van der Waals surface area contributed by atoms with Crippen LogP contribution in [0.25, 0.3) is 6.08 Å². The van der Waals surface area contributed by atoms with E-state index < -0.39 is 0 Å². The number of ketones is 1. The third-order valence-electron chi connectivity index (χ3n) is 5.52. The molecule has 0 bridgehead atoms. The van der Waals surface area contributed by atoms with Gasteiger partial charge in [-0.2, -0.15) is 0 Å². The van der Waals surface area contributed by atoms with Crippen molar-refractivity contribution >= 4 is 23.2 Å². The van der Waals surface area contributed by atoms with Crippen molar-refractivity contribution in [3.05, 3.63) is 65.7 Å². The summed E-state index contributed by atoms with van der Waals surface area (Å²) in [7, 11) is 4.15. The molecule has 4 nitrogen and oxygen atoms in total. The summed E-state index contributed by atoms with van der Waals surface area (Å²) in [5.74, 6) is 0.0277. The number of para-hydroxylation sites is 1. The molecule has 1 N–H and O–H groups in total. The van der Waals surface area contributed by atoms with Crippen LogP contribution in [0.2, 0.25) is 0 Å². The van der Waals surface area contributed by atoms with Gasteiger partial charge in [0.25, 0.3) is 0 Å². The molecule has 0 saturated heterocycles. The van der Waals surface area contributed by atoms with Crippen LogP contribution in [0.4, 0.5) is 11.4 Å². The van der Waals surface area contributed by atoms with Gasteiger partial charge in [-0.05, 0) is 75.8 Å². The molecule has 174 valence electrons. The van der Waals surface area contributed by atoms with E-state index in [0.717, 1.165) is 49.4 Å². The van der Waals surface area contributed by atoms with Gasteiger partial charge in [0.1, 0.15) is 0 Å². The number of nitrogens with one attached hydrogen (secondary N) is 1. The number of carbonyl (C=O) groups is 1. The van der Waals surface area contributed by atoms with Crippen LogP contribution in [0.1, 0.15) is 61.9 Å². The van der Waals surface area contributed by atoms with Crippen molar-refractivity contribution in [1.29, 1.82) is 0 Å². The van der Waals surface area contributed by atoms with Gasteiger partial charge in [0.05, 0.1) is 0 Å². The third-order valence-corrected chi connectivity index (χ3v) is 5.52. The van der Waals surface area contributed by atoms with Gasteiger partial charge >= 0.3 is 0 Å². The summed E-state index contributed by atoms with van der Waals surface area (Å²) in [6, 6.07) is 16.3. The van der Waals surface area contributed by atoms with E-state index in [-0.39, 0.29) is 5.78 Å². The Labute approximate surface area is 195 Å². The maximum Gasteiger partial charge on any atom is 0.187 e. The number of nitrogens with zero attached hydrogens (tertiary/aromatic N) is 2. The van der Waals surface area contributed by atoms with E-state index in [0.29, 0.717) is 0 Å². The van der Waals surface area contributed by atoms with Crippen LogP contribution in [0.15, 0.2) is 54.6 Å². The van der Waals surface area contributed by atoms with E-state index in [1.165, 1.54) is 31.4 Å². The number of allylic oxidation sites excluding steroid dienone is 1. The van der Waals surface area contributed by atoms with Crippen LogP contribution >= 0.6 is 0 Å². The van der Waals surface area contributed by atoms with Crippen LogP contribution in [-0.2, 0) is 0 Å². The lowest BCUT2D eigenvalue weighted by Crippen LogP contribution is -2.25. The number of carbonyl (C=O) groups excluding carboxylic acids is 1. The average molecular weight is 436 g/mol. The van der Waals surface area contributed by atoms with Gasteiger partial charge in [0.2, 0.25) is 0 Å². The summed E-state index contributed by atoms with van der Waals surface area (Å²) in [6.45, 7) is 8.49. The molecular formula is C28H41N3O. The highest BCUT2D eigenvalue weighted by Gasteiger charge is 2.09. The Morgan fingerprint density at radius 1 is 0.906 bits per heavy atom. The topological polar surface area (TPSA) is 35.6 Å². The Balaban J connectivity index is 2.08. The van der Waals surface area contributed by atoms with Crippen LogP contribution in [0.5, 0.6) is 0 Å². The lowest BCUT2D eigenvalue weighted by Gasteiger charge is -2.25. The second-order valence-electron chi connectivity index (χ2n) is 8.62. The number of hydrogen-bond donors (Lipinski definition) is 1. The number of anilines is 2. The lowest BCUT2D eigenvalue weighted by atomic mass is 10.1. The summed E-state index contributed by atoms with van der Waals surface area (Å²) in [4.78, 5) is 17.6. The van der Waals surface area contributed by atoms with E-state index in [4.69, 9.17) is 0 Å². The van der Waals surface area contributed by atoms with Crippen molar-refractivity contribution in [1.82, 2.24) is 4.90 Å². The van der Waals surface area contributed by atoms with Gasteiger partial charge < -0.3 is 15.1 Å². The Kier molecular flexibility index (Phi) is 11.6. The van der Waals surface area contributed by atoms with Crippen LogP contribution < -0.4 is 10.2 Å². The van der Waals surface area contributed by atoms with E-state index in [1.54, 1.807) is 6.08 Å². The Morgan fingerprint density at radius 3 is 2.31 bits per heavy atom. The average Bonchev–Trinajstić information content (AvgIpc) is 2.80. The summed E-state index contributed by atoms with van der Waals surface area (Å²) in [6.07, 6.45) is 9.44. The van der Waals surface area contributed by atoms with E-state index in [9.17, 15) is 4.79 Å². The van der Waals surface area contributed by atoms with Crippen molar-refractivity contribution < 1.29 is 4.79 Å². The maximum atomic E-state index is 12.9. The first-order chi connectivity index (χ1) is 15.5. The molecule has 0 aliphatic heterocycles. The van der Waals surface area contributed by atoms with Crippen molar-refractivity contribution in [3.8, 4) is 0 Å². The molecule has 0 unspecified atom stereocenters. The SMILES string of the molecule is CCCCN(CCCC)c1cccc(C=CC(=O)c2ccccc2NCCCN(C)C)c1. The molecule has 32 heavy (non-hydrogen) atoms. The first kappa shape index (κ1) is 25.7. The van der Waals surface area contributed by atoms with Gasteiger partial charge in [0, 0.05) is 36.6 Å². The number of hydrogen-bond acceptors (Lipinski definition) is 4. The predicted molar refractivity (Wildman–Crippen MR) is 140 cm³/mol. The van der Waals surface area contributed by atoms with Crippen molar-refractivity contribution in [2.45, 2.75) is 46.0 Å². The Morgan fingerprint density at radius 2 is 1.62 bits per heavy atom. The molecule has 2 aromatic carbocycles. The smallest absolute Gasteiger partial charge is 0.187 e. The molecule has 0 amide bonds. The van der Waals surface area contributed by atoms with Crippen LogP contribution in [-0.4, -0.2) is 51.0 Å². The van der Waals surface area contributed by atoms with E-state index in [1.807, 2.05) is 30.3 Å². The molecule has 0 atom stereocenters. The molecule has 0 aliphatic rings. The lowest BCUT2D eigenvalue weighted by molar-refractivity contribution is 0.104. The first-order valence-electron chi connectivity index (χ1n) is 12.1. The molecule has 0 aliphatic carbocycles. The maximum absolute atomic E-state index is 12.9. The van der Waals surface area contributed by atoms with Crippen molar-refractivity contribution in [2.24, 2.45) is 0 Å². The summed E-state index contributed by atoms with van der Waals surface area (Å²) < 4.78 is 0. The highest BCUT2D eigenvalue weighted by Crippen LogP contribution is 2.20. The molecule has 2 aromatic rings. The molecule has 4 heteroatoms. The zero-order chi connectivity index (χ0) is 23.2. The highest BCUT2D eigenvalue weighted by molar-refractivity contribution is 6.10. The fraction of sp³-hybridized carbons (Fsp3) is 0.464. The fourth-order valence-corrected chi connectivity index (χ4v) is 3.63. The summed E-state index contributed by atoms with van der Waals surface area (Å²) in [5.41, 5.74) is 3.92. The first-order valence-corrected chi connectivity index (χ1v) is 12.1. The molecule has 0 radical (unpaired) electrons. The largest absolute Gasteiger partial charge is 0.384 e. The number of unbranched alkanes of at least 4 members (excludes halogenated alkanes) is 2. The highest BCUT2D eigenvalue weighted by atomic mass is 16.1. The second-order valence-corrected chi connectivity index (χ2v) is 8.62. The molecular weight excluding hydrogens is 394 g/mol. The minimum absolute atomic E-state index is 0.0277. The summed E-state index contributed by atoms with van der Waals surface area (Å²) >= 11 is 0. The molecule has 0 spiro atoms. The molecule has 0 fully saturated rings. The van der Waals surface area contributed by atoms with Gasteiger partial charge in [-0.1, -0.05) is 57.0 Å². The summed E-state index contributed by atoms with van der Waals surface area (Å²) in [5, 5.41) is 3.42. The monoisotopic (exact) mass is 435 g/mol. The number of benzene rings is 2. The van der Waals surface area contributed by atoms with E-state index in [2.05, 4.69) is 67.3 Å². The van der Waals surface area contributed by atoms with Crippen LogP contribution in [0, 0.1) is 0 Å².